The van der Waals surface area contributed by atoms with E-state index >= 15 is 0 Å². The Morgan fingerprint density at radius 2 is 1.86 bits per heavy atom. The minimum absolute atomic E-state index is 0.0452. The van der Waals surface area contributed by atoms with Gasteiger partial charge >= 0.3 is 0 Å². The van der Waals surface area contributed by atoms with E-state index in [0.717, 1.165) is 5.01 Å². The van der Waals surface area contributed by atoms with Crippen LogP contribution in [0.15, 0.2) is 40.6 Å². The number of nitrogens with one attached hydrogen (secondary N) is 1. The average Bonchev–Trinajstić information content (AvgIpc) is 2.86. The third kappa shape index (κ3) is 5.28. The van der Waals surface area contributed by atoms with Crippen LogP contribution in [0.5, 0.6) is 0 Å². The maximum atomic E-state index is 11.9. The van der Waals surface area contributed by atoms with E-state index in [1.165, 1.54) is 23.5 Å². The molecule has 7 heteroatoms. The molecule has 0 aliphatic carbocycles. The highest BCUT2D eigenvalue weighted by Gasteiger charge is 2.17. The van der Waals surface area contributed by atoms with Crippen molar-refractivity contribution in [3.05, 3.63) is 46.4 Å². The van der Waals surface area contributed by atoms with Crippen LogP contribution in [0.4, 0.5) is 0 Å². The SMILES string of the molecule is CC.Cc1nc(CC(=O)NS(=O)(=O)c2ccccc2)cs1. The number of thiazole rings is 1. The largest absolute Gasteiger partial charge is 0.274 e. The molecule has 1 aromatic carbocycles. The maximum Gasteiger partial charge on any atom is 0.264 e. The van der Waals surface area contributed by atoms with Crippen molar-refractivity contribution in [2.75, 3.05) is 0 Å². The fourth-order valence-electron chi connectivity index (χ4n) is 1.50. The summed E-state index contributed by atoms with van der Waals surface area (Å²) in [5.74, 6) is -0.589. The molecule has 0 aliphatic rings. The summed E-state index contributed by atoms with van der Waals surface area (Å²) in [5, 5.41) is 2.58. The van der Waals surface area contributed by atoms with Crippen molar-refractivity contribution in [2.45, 2.75) is 32.1 Å². The van der Waals surface area contributed by atoms with Crippen LogP contribution in [-0.4, -0.2) is 19.3 Å². The molecular weight excluding hydrogens is 308 g/mol. The first-order valence-corrected chi connectivity index (χ1v) is 8.85. The first-order chi connectivity index (χ1) is 9.97. The number of aryl methyl sites for hydroxylation is 1. The van der Waals surface area contributed by atoms with Crippen molar-refractivity contribution in [3.63, 3.8) is 0 Å². The van der Waals surface area contributed by atoms with Crippen molar-refractivity contribution in [1.82, 2.24) is 9.71 Å². The van der Waals surface area contributed by atoms with Gasteiger partial charge in [0.1, 0.15) is 0 Å². The van der Waals surface area contributed by atoms with E-state index in [9.17, 15) is 13.2 Å². The van der Waals surface area contributed by atoms with E-state index in [1.807, 2.05) is 25.5 Å². The number of amides is 1. The van der Waals surface area contributed by atoms with Gasteiger partial charge in [0.05, 0.1) is 22.0 Å². The van der Waals surface area contributed by atoms with Crippen LogP contribution in [0.2, 0.25) is 0 Å². The number of sulfonamides is 1. The van der Waals surface area contributed by atoms with Gasteiger partial charge in [-0.2, -0.15) is 0 Å². The predicted molar refractivity (Wildman–Crippen MR) is 83.7 cm³/mol. The molecule has 0 fully saturated rings. The van der Waals surface area contributed by atoms with E-state index in [4.69, 9.17) is 0 Å². The van der Waals surface area contributed by atoms with Gasteiger partial charge in [-0.05, 0) is 19.1 Å². The number of hydrogen-bond donors (Lipinski definition) is 1. The van der Waals surface area contributed by atoms with E-state index in [1.54, 1.807) is 23.6 Å². The number of nitrogens with zero attached hydrogens (tertiary/aromatic N) is 1. The second-order valence-corrected chi connectivity index (χ2v) is 6.62. The van der Waals surface area contributed by atoms with Crippen molar-refractivity contribution >= 4 is 27.3 Å². The highest BCUT2D eigenvalue weighted by Crippen LogP contribution is 2.10. The fraction of sp³-hybridized carbons (Fsp3) is 0.286. The molecule has 0 saturated carbocycles. The monoisotopic (exact) mass is 326 g/mol. The van der Waals surface area contributed by atoms with E-state index in [-0.39, 0.29) is 11.3 Å². The van der Waals surface area contributed by atoms with Gasteiger partial charge in [0, 0.05) is 5.38 Å². The standard InChI is InChI=1S/C12H12N2O3S2.C2H6/c1-9-13-10(8-18-9)7-12(15)14-19(16,17)11-5-3-2-4-6-11;1-2/h2-6,8H,7H2,1H3,(H,14,15);1-2H3. The van der Waals surface area contributed by atoms with Crippen molar-refractivity contribution < 1.29 is 13.2 Å². The minimum atomic E-state index is -3.80. The van der Waals surface area contributed by atoms with Gasteiger partial charge in [0.15, 0.2) is 0 Å². The Labute approximate surface area is 129 Å². The van der Waals surface area contributed by atoms with Gasteiger partial charge in [-0.15, -0.1) is 11.3 Å². The summed E-state index contributed by atoms with van der Waals surface area (Å²) in [6, 6.07) is 7.77. The van der Waals surface area contributed by atoms with Gasteiger partial charge in [0.2, 0.25) is 5.91 Å². The molecule has 0 aliphatic heterocycles. The molecule has 0 unspecified atom stereocenters. The summed E-state index contributed by atoms with van der Waals surface area (Å²) >= 11 is 1.42. The smallest absolute Gasteiger partial charge is 0.264 e. The summed E-state index contributed by atoms with van der Waals surface area (Å²) in [6.45, 7) is 5.83. The van der Waals surface area contributed by atoms with Crippen LogP contribution in [0.25, 0.3) is 0 Å². The zero-order valence-electron chi connectivity index (χ0n) is 12.2. The Balaban J connectivity index is 0.00000106. The number of carbonyl (C=O) groups excluding carboxylic acids is 1. The van der Waals surface area contributed by atoms with Crippen LogP contribution < -0.4 is 4.72 Å². The Morgan fingerprint density at radius 3 is 2.38 bits per heavy atom. The van der Waals surface area contributed by atoms with Crippen molar-refractivity contribution in [1.29, 1.82) is 0 Å². The number of rotatable bonds is 4. The Kier molecular flexibility index (Phi) is 6.51. The molecule has 1 heterocycles. The zero-order chi connectivity index (χ0) is 15.9. The summed E-state index contributed by atoms with van der Waals surface area (Å²) < 4.78 is 25.8. The summed E-state index contributed by atoms with van der Waals surface area (Å²) in [6.07, 6.45) is -0.0452. The molecule has 1 amide bonds. The van der Waals surface area contributed by atoms with Gasteiger partial charge in [0.25, 0.3) is 10.0 Å². The topological polar surface area (TPSA) is 76.1 Å². The highest BCUT2D eigenvalue weighted by atomic mass is 32.2. The number of aromatic nitrogens is 1. The lowest BCUT2D eigenvalue weighted by Gasteiger charge is -2.05. The predicted octanol–water partition coefficient (Wildman–Crippen LogP) is 2.53. The Bertz CT molecular complexity index is 679. The molecule has 5 nitrogen and oxygen atoms in total. The van der Waals surface area contributed by atoms with E-state index in [0.29, 0.717) is 5.69 Å². The van der Waals surface area contributed by atoms with Gasteiger partial charge < -0.3 is 0 Å². The number of hydrogen-bond acceptors (Lipinski definition) is 5. The quantitative estimate of drug-likeness (QED) is 0.936. The second kappa shape index (κ2) is 7.90. The van der Waals surface area contributed by atoms with Gasteiger partial charge in [-0.1, -0.05) is 32.0 Å². The van der Waals surface area contributed by atoms with Crippen molar-refractivity contribution in [3.8, 4) is 0 Å². The first kappa shape index (κ1) is 17.3. The lowest BCUT2D eigenvalue weighted by molar-refractivity contribution is -0.118. The van der Waals surface area contributed by atoms with Crippen LogP contribution in [0.1, 0.15) is 24.5 Å². The zero-order valence-corrected chi connectivity index (χ0v) is 13.8. The Morgan fingerprint density at radius 1 is 1.24 bits per heavy atom. The molecule has 0 bridgehead atoms. The number of carbonyl (C=O) groups is 1. The molecule has 2 aromatic rings. The second-order valence-electron chi connectivity index (χ2n) is 3.88. The molecule has 0 spiro atoms. The number of benzene rings is 1. The summed E-state index contributed by atoms with van der Waals surface area (Å²) in [7, 11) is -3.80. The maximum absolute atomic E-state index is 11.9. The average molecular weight is 326 g/mol. The van der Waals surface area contributed by atoms with Gasteiger partial charge in [-0.25, -0.2) is 18.1 Å². The molecule has 1 aromatic heterocycles. The van der Waals surface area contributed by atoms with Crippen LogP contribution in [0.3, 0.4) is 0 Å². The molecule has 0 saturated heterocycles. The molecule has 2 rings (SSSR count). The first-order valence-electron chi connectivity index (χ1n) is 6.49. The molecule has 114 valence electrons. The molecule has 21 heavy (non-hydrogen) atoms. The normalized spacial score (nSPS) is 10.4. The van der Waals surface area contributed by atoms with Crippen LogP contribution in [0, 0.1) is 6.92 Å². The van der Waals surface area contributed by atoms with E-state index < -0.39 is 15.9 Å². The summed E-state index contributed by atoms with van der Waals surface area (Å²) in [4.78, 5) is 15.9. The van der Waals surface area contributed by atoms with Crippen LogP contribution in [-0.2, 0) is 21.2 Å². The van der Waals surface area contributed by atoms with E-state index in [2.05, 4.69) is 4.98 Å². The molecule has 1 N–H and O–H groups in total. The minimum Gasteiger partial charge on any atom is -0.274 e. The van der Waals surface area contributed by atoms with Crippen LogP contribution >= 0.6 is 11.3 Å². The summed E-state index contributed by atoms with van der Waals surface area (Å²) in [5.41, 5.74) is 0.572. The van der Waals surface area contributed by atoms with Gasteiger partial charge in [-0.3, -0.25) is 4.79 Å². The lowest BCUT2D eigenvalue weighted by Crippen LogP contribution is -2.31. The third-order valence-corrected chi connectivity index (χ3v) is 4.52. The highest BCUT2D eigenvalue weighted by molar-refractivity contribution is 7.90. The lowest BCUT2D eigenvalue weighted by atomic mass is 10.3. The molecule has 0 atom stereocenters. The molecule has 0 radical (unpaired) electrons. The fourth-order valence-corrected chi connectivity index (χ4v) is 3.12. The van der Waals surface area contributed by atoms with Crippen molar-refractivity contribution in [2.24, 2.45) is 0 Å². The third-order valence-electron chi connectivity index (χ3n) is 2.31. The Hall–Kier alpha value is -1.73. The molecular formula is C14H18N2O3S2.